The average Bonchev–Trinajstić information content (AvgIpc) is 2.91. The first kappa shape index (κ1) is 27.2. The number of hydrogen-bond acceptors (Lipinski definition) is 4. The highest BCUT2D eigenvalue weighted by Crippen LogP contribution is 2.40. The first-order valence-electron chi connectivity index (χ1n) is 13.2. The van der Waals surface area contributed by atoms with E-state index in [9.17, 15) is 9.18 Å². The van der Waals surface area contributed by atoms with Gasteiger partial charge < -0.3 is 14.2 Å². The van der Waals surface area contributed by atoms with Gasteiger partial charge in [0.25, 0.3) is 0 Å². The van der Waals surface area contributed by atoms with E-state index in [-0.39, 0.29) is 42.0 Å². The fourth-order valence-electron chi connectivity index (χ4n) is 5.59. The zero-order valence-corrected chi connectivity index (χ0v) is 21.3. The molecule has 0 heterocycles. The Kier molecular flexibility index (Phi) is 9.30. The largest absolute Gasteiger partial charge is 0.486 e. The maximum absolute atomic E-state index is 15.1. The maximum atomic E-state index is 15.1. The molecule has 0 radical (unpaired) electrons. The molecule has 4 nitrogen and oxygen atoms in total. The monoisotopic (exact) mass is 516 g/mol. The minimum Gasteiger partial charge on any atom is -0.486 e. The van der Waals surface area contributed by atoms with Crippen molar-refractivity contribution in [3.05, 3.63) is 77.1 Å². The van der Waals surface area contributed by atoms with Gasteiger partial charge in [-0.25, -0.2) is 18.0 Å². The van der Waals surface area contributed by atoms with E-state index in [1.165, 1.54) is 18.2 Å². The van der Waals surface area contributed by atoms with Crippen molar-refractivity contribution in [3.63, 3.8) is 0 Å². The predicted molar refractivity (Wildman–Crippen MR) is 135 cm³/mol. The summed E-state index contributed by atoms with van der Waals surface area (Å²) >= 11 is 0. The van der Waals surface area contributed by atoms with Crippen LogP contribution in [-0.2, 0) is 9.47 Å². The molecule has 0 aliphatic heterocycles. The topological polar surface area (TPSA) is 44.8 Å². The molecule has 0 bridgehead atoms. The molecule has 0 N–H and O–H groups in total. The van der Waals surface area contributed by atoms with Gasteiger partial charge >= 0.3 is 5.97 Å². The minimum atomic E-state index is -0.751. The molecule has 0 amide bonds. The Bertz CT molecular complexity index is 1090. The number of rotatable bonds is 9. The Balaban J connectivity index is 1.32. The molecule has 37 heavy (non-hydrogen) atoms. The highest BCUT2D eigenvalue weighted by Gasteiger charge is 2.31. The van der Waals surface area contributed by atoms with Crippen LogP contribution in [0.25, 0.3) is 0 Å². The normalized spacial score (nSPS) is 23.9. The Morgan fingerprint density at radius 3 is 1.97 bits per heavy atom. The number of hydrogen-bond donors (Lipinski definition) is 0. The van der Waals surface area contributed by atoms with Crippen LogP contribution in [-0.4, -0.2) is 31.4 Å². The molecule has 7 heteroatoms. The molecule has 2 saturated carbocycles. The fraction of sp³-hybridized carbons (Fsp3) is 0.500. The molecule has 0 spiro atoms. The molecule has 0 unspecified atom stereocenters. The summed E-state index contributed by atoms with van der Waals surface area (Å²) in [7, 11) is 0. The van der Waals surface area contributed by atoms with Crippen molar-refractivity contribution in [2.24, 2.45) is 0 Å². The molecule has 2 aromatic carbocycles. The third-order valence-electron chi connectivity index (χ3n) is 7.57. The van der Waals surface area contributed by atoms with Gasteiger partial charge in [-0.3, -0.25) is 0 Å². The van der Waals surface area contributed by atoms with Gasteiger partial charge in [0, 0.05) is 6.61 Å². The van der Waals surface area contributed by atoms with E-state index in [4.69, 9.17) is 14.2 Å². The highest BCUT2D eigenvalue weighted by molar-refractivity contribution is 5.89. The molecule has 0 atom stereocenters. The maximum Gasteiger partial charge on any atom is 0.338 e. The molecule has 0 saturated heterocycles. The summed E-state index contributed by atoms with van der Waals surface area (Å²) in [6.07, 6.45) is 6.91. The minimum absolute atomic E-state index is 0.0165. The van der Waals surface area contributed by atoms with Gasteiger partial charge in [-0.2, -0.15) is 0 Å². The Morgan fingerprint density at radius 1 is 0.892 bits per heavy atom. The lowest BCUT2D eigenvalue weighted by Crippen LogP contribution is -2.25. The van der Waals surface area contributed by atoms with E-state index in [1.807, 2.05) is 6.92 Å². The number of ether oxygens (including phenoxy) is 3. The first-order valence-corrected chi connectivity index (χ1v) is 13.2. The summed E-state index contributed by atoms with van der Waals surface area (Å²) < 4.78 is 60.9. The van der Waals surface area contributed by atoms with Crippen LogP contribution in [0.2, 0.25) is 0 Å². The third kappa shape index (κ3) is 6.56. The summed E-state index contributed by atoms with van der Waals surface area (Å²) in [4.78, 5) is 12.5. The Hall–Kier alpha value is -2.80. The quantitative estimate of drug-likeness (QED) is 0.254. The zero-order chi connectivity index (χ0) is 26.4. The van der Waals surface area contributed by atoms with E-state index in [2.05, 4.69) is 6.58 Å². The van der Waals surface area contributed by atoms with Gasteiger partial charge in [0.05, 0.1) is 11.7 Å². The highest BCUT2D eigenvalue weighted by atomic mass is 19.2. The van der Waals surface area contributed by atoms with Crippen molar-refractivity contribution in [3.8, 4) is 5.75 Å². The van der Waals surface area contributed by atoms with Gasteiger partial charge in [0.15, 0.2) is 23.2 Å². The van der Waals surface area contributed by atoms with Crippen molar-refractivity contribution in [2.75, 3.05) is 13.2 Å². The Labute approximate surface area is 216 Å². The van der Waals surface area contributed by atoms with Crippen LogP contribution < -0.4 is 4.74 Å². The van der Waals surface area contributed by atoms with Crippen molar-refractivity contribution >= 4 is 5.97 Å². The van der Waals surface area contributed by atoms with E-state index in [0.717, 1.165) is 31.7 Å². The zero-order valence-electron chi connectivity index (χ0n) is 21.3. The summed E-state index contributed by atoms with van der Waals surface area (Å²) in [6, 6.07) is 7.42. The molecule has 2 aliphatic rings. The first-order chi connectivity index (χ1) is 17.9. The molecule has 200 valence electrons. The summed E-state index contributed by atoms with van der Waals surface area (Å²) in [5.41, 5.74) is 0.961. The molecular weight excluding hydrogens is 481 g/mol. The van der Waals surface area contributed by atoms with Crippen LogP contribution in [0.1, 0.15) is 91.6 Å². The van der Waals surface area contributed by atoms with Crippen molar-refractivity contribution in [1.82, 2.24) is 0 Å². The molecule has 0 aromatic heterocycles. The van der Waals surface area contributed by atoms with Crippen LogP contribution in [0.3, 0.4) is 0 Å². The number of carbonyl (C=O) groups is 1. The molecular formula is C30H35F3O4. The van der Waals surface area contributed by atoms with Gasteiger partial charge in [-0.15, -0.1) is 0 Å². The molecule has 2 aromatic rings. The molecule has 2 fully saturated rings. The van der Waals surface area contributed by atoms with Crippen LogP contribution in [0, 0.1) is 17.5 Å². The SMILES string of the molecule is C=CCOc1ccc(C(=O)OC2CCC(c3ccc(C4CCC(OCC)CC4)c(F)c3F)CC2)cc1F. The van der Waals surface area contributed by atoms with Crippen molar-refractivity contribution in [2.45, 2.75) is 82.3 Å². The standard InChI is InChI=1S/C30H35F3O4/c1-3-17-36-27-16-9-21(18-26(27)31)30(34)37-23-12-7-20(8-13-23)25-15-14-24(28(32)29(25)33)19-5-10-22(11-6-19)35-4-2/h3,9,14-16,18-20,22-23H,1,4-8,10-13,17H2,2H3. The number of benzene rings is 2. The van der Waals surface area contributed by atoms with Crippen LogP contribution in [0.5, 0.6) is 5.75 Å². The van der Waals surface area contributed by atoms with Gasteiger partial charge in [0.1, 0.15) is 12.7 Å². The number of halogens is 3. The summed E-state index contributed by atoms with van der Waals surface area (Å²) in [6.45, 7) is 6.32. The van der Waals surface area contributed by atoms with Gasteiger partial charge in [0.2, 0.25) is 0 Å². The van der Waals surface area contributed by atoms with Crippen LogP contribution in [0.4, 0.5) is 13.2 Å². The van der Waals surface area contributed by atoms with Crippen LogP contribution >= 0.6 is 0 Å². The second-order valence-corrected chi connectivity index (χ2v) is 9.92. The van der Waals surface area contributed by atoms with Crippen molar-refractivity contribution in [1.29, 1.82) is 0 Å². The Morgan fingerprint density at radius 2 is 1.46 bits per heavy atom. The third-order valence-corrected chi connectivity index (χ3v) is 7.57. The molecule has 4 rings (SSSR count). The van der Waals surface area contributed by atoms with E-state index >= 15 is 8.78 Å². The average molecular weight is 517 g/mol. The summed E-state index contributed by atoms with van der Waals surface area (Å²) in [5, 5.41) is 0. The van der Waals surface area contributed by atoms with Gasteiger partial charge in [-0.1, -0.05) is 24.8 Å². The second kappa shape index (κ2) is 12.6. The lowest BCUT2D eigenvalue weighted by atomic mass is 9.79. The van der Waals surface area contributed by atoms with E-state index in [0.29, 0.717) is 43.4 Å². The lowest BCUT2D eigenvalue weighted by Gasteiger charge is -2.31. The lowest BCUT2D eigenvalue weighted by molar-refractivity contribution is 0.0193. The number of carbonyl (C=O) groups excluding carboxylic acids is 1. The van der Waals surface area contributed by atoms with Gasteiger partial charge in [-0.05, 0) is 99.5 Å². The van der Waals surface area contributed by atoms with E-state index in [1.54, 1.807) is 12.1 Å². The predicted octanol–water partition coefficient (Wildman–Crippen LogP) is 7.61. The molecule has 2 aliphatic carbocycles. The van der Waals surface area contributed by atoms with Crippen LogP contribution in [0.15, 0.2) is 43.0 Å². The second-order valence-electron chi connectivity index (χ2n) is 9.92. The number of esters is 1. The van der Waals surface area contributed by atoms with E-state index < -0.39 is 23.4 Å². The van der Waals surface area contributed by atoms with Crippen molar-refractivity contribution < 1.29 is 32.2 Å². The summed E-state index contributed by atoms with van der Waals surface area (Å²) in [5.74, 6) is -2.82. The fourth-order valence-corrected chi connectivity index (χ4v) is 5.59. The smallest absolute Gasteiger partial charge is 0.338 e.